The second-order valence-electron chi connectivity index (χ2n) is 7.51. The molecule has 0 fully saturated rings. The lowest BCUT2D eigenvalue weighted by molar-refractivity contribution is -0.140. The number of rotatable bonds is 9. The zero-order valence-corrected chi connectivity index (χ0v) is 17.4. The minimum absolute atomic E-state index is 0.158. The van der Waals surface area contributed by atoms with Gasteiger partial charge < -0.3 is 14.2 Å². The molecule has 0 radical (unpaired) electrons. The van der Waals surface area contributed by atoms with Crippen molar-refractivity contribution in [1.82, 2.24) is 0 Å². The van der Waals surface area contributed by atoms with Gasteiger partial charge in [0.1, 0.15) is 23.9 Å². The minimum atomic E-state index is -0.158. The Hall–Kier alpha value is -2.75. The average molecular weight is 395 g/mol. The molecular weight excluding hydrogens is 364 g/mol. The molecule has 0 saturated heterocycles. The van der Waals surface area contributed by atoms with Gasteiger partial charge >= 0.3 is 5.97 Å². The molecule has 154 valence electrons. The summed E-state index contributed by atoms with van der Waals surface area (Å²) in [6, 6.07) is 16.3. The summed E-state index contributed by atoms with van der Waals surface area (Å²) in [7, 11) is 1.42. The number of carbonyl (C=O) groups excluding carboxylic acids is 1. The lowest BCUT2D eigenvalue weighted by Crippen LogP contribution is -2.12. The molecule has 1 aliphatic carbocycles. The van der Waals surface area contributed by atoms with Gasteiger partial charge in [-0.25, -0.2) is 0 Å². The number of methoxy groups -OCH3 is 1. The van der Waals surface area contributed by atoms with Crippen LogP contribution in [0.4, 0.5) is 0 Å². The normalized spacial score (nSPS) is 13.9. The van der Waals surface area contributed by atoms with Crippen molar-refractivity contribution in [1.29, 1.82) is 0 Å². The first-order chi connectivity index (χ1) is 14.1. The number of allylic oxidation sites excluding steroid dienone is 1. The van der Waals surface area contributed by atoms with Crippen molar-refractivity contribution in [2.75, 3.05) is 13.7 Å². The molecule has 0 bridgehead atoms. The molecule has 1 aliphatic rings. The topological polar surface area (TPSA) is 44.8 Å². The lowest BCUT2D eigenvalue weighted by atomic mass is 9.98. The van der Waals surface area contributed by atoms with Crippen molar-refractivity contribution < 1.29 is 19.0 Å². The van der Waals surface area contributed by atoms with Crippen LogP contribution in [-0.2, 0) is 16.0 Å². The summed E-state index contributed by atoms with van der Waals surface area (Å²) in [5, 5.41) is 0. The molecule has 0 unspecified atom stereocenters. The Bertz CT molecular complexity index is 819. The fourth-order valence-electron chi connectivity index (χ4n) is 3.43. The van der Waals surface area contributed by atoms with Gasteiger partial charge in [-0.05, 0) is 68.9 Å². The van der Waals surface area contributed by atoms with Gasteiger partial charge in [0.15, 0.2) is 0 Å². The minimum Gasteiger partial charge on any atom is -0.489 e. The van der Waals surface area contributed by atoms with Crippen molar-refractivity contribution in [3.05, 3.63) is 71.0 Å². The Kier molecular flexibility index (Phi) is 7.74. The van der Waals surface area contributed by atoms with Crippen LogP contribution in [0.2, 0.25) is 0 Å². The smallest absolute Gasteiger partial charge is 0.305 e. The van der Waals surface area contributed by atoms with E-state index < -0.39 is 0 Å². The molecule has 0 atom stereocenters. The summed E-state index contributed by atoms with van der Waals surface area (Å²) in [6.45, 7) is 2.64. The van der Waals surface area contributed by atoms with Gasteiger partial charge in [0.25, 0.3) is 0 Å². The van der Waals surface area contributed by atoms with Crippen LogP contribution in [-0.4, -0.2) is 19.7 Å². The van der Waals surface area contributed by atoms with E-state index in [0.717, 1.165) is 49.4 Å². The Labute approximate surface area is 173 Å². The van der Waals surface area contributed by atoms with Gasteiger partial charge in [0.2, 0.25) is 0 Å². The molecule has 0 amide bonds. The van der Waals surface area contributed by atoms with Crippen molar-refractivity contribution in [3.63, 3.8) is 0 Å². The monoisotopic (exact) mass is 394 g/mol. The Morgan fingerprint density at radius 1 is 0.931 bits per heavy atom. The van der Waals surface area contributed by atoms with Crippen LogP contribution in [0.3, 0.4) is 0 Å². The number of ether oxygens (including phenoxy) is 3. The van der Waals surface area contributed by atoms with Crippen molar-refractivity contribution in [2.45, 2.75) is 51.9 Å². The van der Waals surface area contributed by atoms with Crippen LogP contribution >= 0.6 is 0 Å². The van der Waals surface area contributed by atoms with Gasteiger partial charge in [-0.2, -0.15) is 0 Å². The first-order valence-corrected chi connectivity index (χ1v) is 10.4. The Morgan fingerprint density at radius 3 is 2.34 bits per heavy atom. The van der Waals surface area contributed by atoms with Crippen LogP contribution in [0.1, 0.15) is 49.7 Å². The summed E-state index contributed by atoms with van der Waals surface area (Å²) in [5.41, 5.74) is 3.67. The van der Waals surface area contributed by atoms with Gasteiger partial charge in [-0.15, -0.1) is 0 Å². The zero-order valence-electron chi connectivity index (χ0n) is 17.4. The number of hydrogen-bond donors (Lipinski definition) is 0. The SMILES string of the molecule is COC(=O)CCCc1ccc(OCC2=C(Oc3ccc(C)cc3)CCCC2)cc1. The number of benzene rings is 2. The van der Waals surface area contributed by atoms with E-state index in [1.54, 1.807) is 0 Å². The molecule has 0 aliphatic heterocycles. The van der Waals surface area contributed by atoms with Gasteiger partial charge in [0.05, 0.1) is 7.11 Å². The Balaban J connectivity index is 1.54. The molecule has 0 heterocycles. The van der Waals surface area contributed by atoms with E-state index in [1.807, 2.05) is 24.3 Å². The number of carbonyl (C=O) groups is 1. The highest BCUT2D eigenvalue weighted by Crippen LogP contribution is 2.28. The maximum absolute atomic E-state index is 11.2. The first-order valence-electron chi connectivity index (χ1n) is 10.4. The predicted octanol–water partition coefficient (Wildman–Crippen LogP) is 5.78. The van der Waals surface area contributed by atoms with Gasteiger partial charge in [0, 0.05) is 18.4 Å². The van der Waals surface area contributed by atoms with Crippen molar-refractivity contribution >= 4 is 5.97 Å². The number of hydrogen-bond acceptors (Lipinski definition) is 4. The molecule has 0 N–H and O–H groups in total. The number of esters is 1. The van der Waals surface area contributed by atoms with E-state index in [1.165, 1.54) is 30.2 Å². The van der Waals surface area contributed by atoms with E-state index >= 15 is 0 Å². The van der Waals surface area contributed by atoms with E-state index in [4.69, 9.17) is 9.47 Å². The fraction of sp³-hybridized carbons (Fsp3) is 0.400. The molecule has 4 heteroatoms. The Morgan fingerprint density at radius 2 is 1.62 bits per heavy atom. The summed E-state index contributed by atoms with van der Waals surface area (Å²) >= 11 is 0. The van der Waals surface area contributed by atoms with Crippen molar-refractivity contribution in [3.8, 4) is 11.5 Å². The molecule has 2 aromatic carbocycles. The first kappa shape index (κ1) is 21.0. The molecular formula is C25H30O4. The maximum atomic E-state index is 11.2. The standard InChI is InChI=1S/C25H30O4/c1-19-10-14-23(15-11-19)29-24-8-4-3-7-21(24)18-28-22-16-12-20(13-17-22)6-5-9-25(26)27-2/h10-17H,3-9,18H2,1-2H3. The highest BCUT2D eigenvalue weighted by Gasteiger charge is 2.15. The summed E-state index contributed by atoms with van der Waals surface area (Å²) in [4.78, 5) is 11.2. The third-order valence-electron chi connectivity index (χ3n) is 5.20. The van der Waals surface area contributed by atoms with Crippen LogP contribution < -0.4 is 9.47 Å². The maximum Gasteiger partial charge on any atom is 0.305 e. The van der Waals surface area contributed by atoms with Crippen molar-refractivity contribution in [2.24, 2.45) is 0 Å². The molecule has 0 saturated carbocycles. The second-order valence-corrected chi connectivity index (χ2v) is 7.51. The number of aryl methyl sites for hydroxylation is 2. The van der Waals surface area contributed by atoms with Crippen LogP contribution in [0.25, 0.3) is 0 Å². The highest BCUT2D eigenvalue weighted by molar-refractivity contribution is 5.69. The van der Waals surface area contributed by atoms with Gasteiger partial charge in [-0.1, -0.05) is 29.8 Å². The molecule has 0 aromatic heterocycles. The fourth-order valence-corrected chi connectivity index (χ4v) is 3.43. The third-order valence-corrected chi connectivity index (χ3v) is 5.20. The second kappa shape index (κ2) is 10.7. The van der Waals surface area contributed by atoms with Crippen LogP contribution in [0, 0.1) is 6.92 Å². The quantitative estimate of drug-likeness (QED) is 0.506. The molecule has 2 aromatic rings. The lowest BCUT2D eigenvalue weighted by Gasteiger charge is -2.21. The van der Waals surface area contributed by atoms with Crippen LogP contribution in [0.5, 0.6) is 11.5 Å². The molecule has 3 rings (SSSR count). The van der Waals surface area contributed by atoms with E-state index in [2.05, 4.69) is 35.9 Å². The van der Waals surface area contributed by atoms with E-state index in [9.17, 15) is 4.79 Å². The van der Waals surface area contributed by atoms with Gasteiger partial charge in [-0.3, -0.25) is 4.79 Å². The molecule has 29 heavy (non-hydrogen) atoms. The molecule has 4 nitrogen and oxygen atoms in total. The predicted molar refractivity (Wildman–Crippen MR) is 114 cm³/mol. The van der Waals surface area contributed by atoms with Crippen LogP contribution in [0.15, 0.2) is 59.9 Å². The zero-order chi connectivity index (χ0) is 20.5. The summed E-state index contributed by atoms with van der Waals surface area (Å²) in [6.07, 6.45) is 6.42. The summed E-state index contributed by atoms with van der Waals surface area (Å²) < 4.78 is 16.9. The van der Waals surface area contributed by atoms with E-state index in [0.29, 0.717) is 13.0 Å². The highest BCUT2D eigenvalue weighted by atomic mass is 16.5. The average Bonchev–Trinajstić information content (AvgIpc) is 2.75. The van der Waals surface area contributed by atoms with E-state index in [-0.39, 0.29) is 5.97 Å². The largest absolute Gasteiger partial charge is 0.489 e. The third kappa shape index (κ3) is 6.67. The summed E-state index contributed by atoms with van der Waals surface area (Å²) in [5.74, 6) is 2.64. The molecule has 0 spiro atoms.